The highest BCUT2D eigenvalue weighted by atomic mass is 16.5. The Morgan fingerprint density at radius 1 is 1.04 bits per heavy atom. The fourth-order valence-electron chi connectivity index (χ4n) is 2.04. The third kappa shape index (κ3) is 7.66. The monoisotopic (exact) mass is 373 g/mol. The molecule has 1 aliphatic rings. The summed E-state index contributed by atoms with van der Waals surface area (Å²) in [5.41, 5.74) is 4.71. The Labute approximate surface area is 152 Å². The molecular weight excluding hydrogens is 346 g/mol. The van der Waals surface area contributed by atoms with E-state index in [-0.39, 0.29) is 19.2 Å². The summed E-state index contributed by atoms with van der Waals surface area (Å²) < 4.78 is 9.85. The van der Waals surface area contributed by atoms with Crippen molar-refractivity contribution < 1.29 is 28.7 Å². The van der Waals surface area contributed by atoms with Gasteiger partial charge in [-0.3, -0.25) is 19.8 Å². The molecule has 0 bridgehead atoms. The molecule has 0 unspecified atom stereocenters. The van der Waals surface area contributed by atoms with Gasteiger partial charge < -0.3 is 25.0 Å². The van der Waals surface area contributed by atoms with Crippen molar-refractivity contribution in [2.45, 2.75) is 32.9 Å². The van der Waals surface area contributed by atoms with Crippen molar-refractivity contribution in [3.05, 3.63) is 0 Å². The molecule has 11 heteroatoms. The van der Waals surface area contributed by atoms with Gasteiger partial charge in [-0.2, -0.15) is 0 Å². The lowest BCUT2D eigenvalue weighted by Crippen LogP contribution is -2.56. The quantitative estimate of drug-likeness (QED) is 0.288. The zero-order chi connectivity index (χ0) is 19.5. The van der Waals surface area contributed by atoms with Crippen LogP contribution in [0.4, 0.5) is 4.79 Å². The van der Waals surface area contributed by atoms with E-state index >= 15 is 0 Å². The van der Waals surface area contributed by atoms with E-state index in [4.69, 9.17) is 9.47 Å². The number of amides is 4. The Morgan fingerprint density at radius 2 is 1.65 bits per heavy atom. The van der Waals surface area contributed by atoms with Crippen LogP contribution in [0, 0.1) is 0 Å². The second kappa shape index (κ2) is 11.3. The molecule has 0 radical (unpaired) electrons. The van der Waals surface area contributed by atoms with Crippen LogP contribution in [0.5, 0.6) is 0 Å². The summed E-state index contributed by atoms with van der Waals surface area (Å²) in [7, 11) is 0. The number of urea groups is 1. The highest BCUT2D eigenvalue weighted by molar-refractivity contribution is 5.91. The van der Waals surface area contributed by atoms with Crippen molar-refractivity contribution in [3.8, 4) is 0 Å². The molecule has 1 fully saturated rings. The fourth-order valence-corrected chi connectivity index (χ4v) is 2.04. The normalized spacial score (nSPS) is 16.2. The number of carbonyl (C=O) groups excluding carboxylic acids is 4. The second-order valence-corrected chi connectivity index (χ2v) is 5.65. The van der Waals surface area contributed by atoms with E-state index in [1.54, 1.807) is 11.8 Å². The second-order valence-electron chi connectivity index (χ2n) is 5.65. The van der Waals surface area contributed by atoms with Crippen LogP contribution in [0.1, 0.15) is 20.8 Å². The van der Waals surface area contributed by atoms with Gasteiger partial charge >= 0.3 is 12.0 Å². The molecule has 26 heavy (non-hydrogen) atoms. The lowest BCUT2D eigenvalue weighted by molar-refractivity contribution is -0.142. The molecule has 11 nitrogen and oxygen atoms in total. The Bertz CT molecular complexity index is 509. The van der Waals surface area contributed by atoms with Crippen LogP contribution in [-0.2, 0) is 23.9 Å². The van der Waals surface area contributed by atoms with Crippen LogP contribution >= 0.6 is 0 Å². The number of rotatable bonds is 8. The molecule has 0 spiro atoms. The van der Waals surface area contributed by atoms with Crippen molar-refractivity contribution in [1.82, 2.24) is 26.4 Å². The van der Waals surface area contributed by atoms with Crippen LogP contribution in [0.3, 0.4) is 0 Å². The number of nitrogens with one attached hydrogen (secondary N) is 4. The molecule has 1 rings (SSSR count). The maximum absolute atomic E-state index is 12.1. The average Bonchev–Trinajstić information content (AvgIpc) is 2.62. The van der Waals surface area contributed by atoms with E-state index in [0.29, 0.717) is 26.3 Å². The van der Waals surface area contributed by atoms with E-state index in [2.05, 4.69) is 21.5 Å². The number of ether oxygens (including phenoxy) is 2. The molecule has 148 valence electrons. The van der Waals surface area contributed by atoms with Gasteiger partial charge in [0, 0.05) is 13.1 Å². The van der Waals surface area contributed by atoms with Crippen LogP contribution in [0.15, 0.2) is 0 Å². The minimum atomic E-state index is -0.861. The number of hydrazine groups is 1. The van der Waals surface area contributed by atoms with Crippen LogP contribution in [0.2, 0.25) is 0 Å². The molecule has 0 aliphatic carbocycles. The third-order valence-electron chi connectivity index (χ3n) is 3.53. The third-order valence-corrected chi connectivity index (χ3v) is 3.53. The highest BCUT2D eigenvalue weighted by Gasteiger charge is 2.24. The molecular formula is C15H27N5O6. The molecule has 0 aromatic heterocycles. The van der Waals surface area contributed by atoms with E-state index in [1.165, 1.54) is 13.8 Å². The number of carbonyl (C=O) groups is 4. The van der Waals surface area contributed by atoms with Gasteiger partial charge in [0.05, 0.1) is 19.8 Å². The van der Waals surface area contributed by atoms with Crippen LogP contribution in [0.25, 0.3) is 0 Å². The highest BCUT2D eigenvalue weighted by Crippen LogP contribution is 1.98. The van der Waals surface area contributed by atoms with Crippen molar-refractivity contribution in [3.63, 3.8) is 0 Å². The lowest BCUT2D eigenvalue weighted by atomic mass is 10.2. The Balaban J connectivity index is 2.31. The summed E-state index contributed by atoms with van der Waals surface area (Å²) in [6, 6.07) is -2.03. The van der Waals surface area contributed by atoms with Gasteiger partial charge in [0.1, 0.15) is 18.6 Å². The van der Waals surface area contributed by atoms with Crippen molar-refractivity contribution >= 4 is 23.8 Å². The van der Waals surface area contributed by atoms with Gasteiger partial charge in [0.2, 0.25) is 5.91 Å². The first-order chi connectivity index (χ1) is 12.3. The molecule has 0 aromatic rings. The fraction of sp³-hybridized carbons (Fsp3) is 0.733. The molecule has 0 saturated carbocycles. The maximum atomic E-state index is 12.1. The number of nitrogens with zero attached hydrogens (tertiary/aromatic N) is 1. The van der Waals surface area contributed by atoms with Crippen LogP contribution < -0.4 is 21.5 Å². The molecule has 1 aliphatic heterocycles. The lowest BCUT2D eigenvalue weighted by Gasteiger charge is -2.28. The van der Waals surface area contributed by atoms with Gasteiger partial charge in [-0.05, 0) is 20.8 Å². The number of esters is 1. The SMILES string of the molecule is CCOC(=O)CNNC(=O)[C@H](C)NC(=O)[C@H](C)NC(=O)N1CCOCC1. The Hall–Kier alpha value is -2.40. The molecule has 4 amide bonds. The van der Waals surface area contributed by atoms with Gasteiger partial charge in [-0.15, -0.1) is 0 Å². The first-order valence-electron chi connectivity index (χ1n) is 8.47. The number of morpholine rings is 1. The van der Waals surface area contributed by atoms with E-state index < -0.39 is 29.9 Å². The number of hydrogen-bond donors (Lipinski definition) is 4. The summed E-state index contributed by atoms with van der Waals surface area (Å²) in [5.74, 6) is -1.54. The summed E-state index contributed by atoms with van der Waals surface area (Å²) >= 11 is 0. The maximum Gasteiger partial charge on any atom is 0.321 e. The molecule has 0 aromatic carbocycles. The minimum Gasteiger partial charge on any atom is -0.465 e. The summed E-state index contributed by atoms with van der Waals surface area (Å²) in [5, 5.41) is 5.06. The van der Waals surface area contributed by atoms with Crippen molar-refractivity contribution in [2.24, 2.45) is 0 Å². The van der Waals surface area contributed by atoms with Gasteiger partial charge in [-0.25, -0.2) is 10.2 Å². The van der Waals surface area contributed by atoms with Gasteiger partial charge in [-0.1, -0.05) is 0 Å². The Kier molecular flexibility index (Phi) is 9.37. The van der Waals surface area contributed by atoms with Gasteiger partial charge in [0.25, 0.3) is 5.91 Å². The van der Waals surface area contributed by atoms with E-state index in [1.807, 2.05) is 0 Å². The van der Waals surface area contributed by atoms with E-state index in [0.717, 1.165) is 0 Å². The topological polar surface area (TPSA) is 138 Å². The van der Waals surface area contributed by atoms with E-state index in [9.17, 15) is 19.2 Å². The van der Waals surface area contributed by atoms with Crippen molar-refractivity contribution in [2.75, 3.05) is 39.5 Å². The molecule has 4 N–H and O–H groups in total. The summed E-state index contributed by atoms with van der Waals surface area (Å²) in [6.45, 7) is 6.59. The zero-order valence-electron chi connectivity index (χ0n) is 15.3. The van der Waals surface area contributed by atoms with Crippen molar-refractivity contribution in [1.29, 1.82) is 0 Å². The van der Waals surface area contributed by atoms with Gasteiger partial charge in [0.15, 0.2) is 0 Å². The predicted octanol–water partition coefficient (Wildman–Crippen LogP) is -1.89. The predicted molar refractivity (Wildman–Crippen MR) is 90.8 cm³/mol. The first-order valence-corrected chi connectivity index (χ1v) is 8.47. The average molecular weight is 373 g/mol. The minimum absolute atomic E-state index is 0.188. The summed E-state index contributed by atoms with van der Waals surface area (Å²) in [6.07, 6.45) is 0. The molecule has 1 heterocycles. The molecule has 1 saturated heterocycles. The standard InChI is InChI=1S/C15H27N5O6/c1-4-26-12(21)9-16-19-14(23)11(3)17-13(22)10(2)18-15(24)20-5-7-25-8-6-20/h10-11,16H,4-9H2,1-3H3,(H,17,22)(H,18,24)(H,19,23)/t10-,11-/m0/s1. The molecule has 2 atom stereocenters. The largest absolute Gasteiger partial charge is 0.465 e. The van der Waals surface area contributed by atoms with Crippen LogP contribution in [-0.4, -0.2) is 80.3 Å². The Morgan fingerprint density at radius 3 is 2.27 bits per heavy atom. The smallest absolute Gasteiger partial charge is 0.321 e. The first kappa shape index (κ1) is 21.6. The number of hydrogen-bond acceptors (Lipinski definition) is 7. The zero-order valence-corrected chi connectivity index (χ0v) is 15.3. The summed E-state index contributed by atoms with van der Waals surface area (Å²) in [4.78, 5) is 48.7.